The average molecular weight is 400 g/mol. The Balaban J connectivity index is 1.29. The summed E-state index contributed by atoms with van der Waals surface area (Å²) in [6.07, 6.45) is 1.75. The Labute approximate surface area is 169 Å². The van der Waals surface area contributed by atoms with Gasteiger partial charge in [0.25, 0.3) is 0 Å². The van der Waals surface area contributed by atoms with Crippen LogP contribution in [0, 0.1) is 6.92 Å². The minimum Gasteiger partial charge on any atom is -0.388 e. The van der Waals surface area contributed by atoms with Crippen LogP contribution in [0.4, 0.5) is 10.5 Å². The number of benzene rings is 2. The highest BCUT2D eigenvalue weighted by atomic mass is 35.5. The van der Waals surface area contributed by atoms with Gasteiger partial charge in [-0.25, -0.2) is 4.79 Å². The predicted molar refractivity (Wildman–Crippen MR) is 109 cm³/mol. The standard InChI is InChI=1S/C21H22ClN3O3/c1-15-4-2-3-5-18(15)23-20(26)27-25-12-10-21(11-13-25)14-19(24-28-21)16-6-8-17(22)9-7-16/h2-9H,10-14H2,1H3,(H,23,26). The number of carbonyl (C=O) groups is 1. The zero-order valence-electron chi connectivity index (χ0n) is 15.7. The molecule has 0 aromatic heterocycles. The number of hydrogen-bond donors (Lipinski definition) is 1. The van der Waals surface area contributed by atoms with Gasteiger partial charge in [0.2, 0.25) is 0 Å². The van der Waals surface area contributed by atoms with Crippen LogP contribution in [-0.2, 0) is 9.68 Å². The third-order valence-corrected chi connectivity index (χ3v) is 5.50. The monoisotopic (exact) mass is 399 g/mol. The summed E-state index contributed by atoms with van der Waals surface area (Å²) in [7, 11) is 0. The SMILES string of the molecule is Cc1ccccc1NC(=O)ON1CCC2(CC1)CC(c1ccc(Cl)cc1)=NO2. The largest absolute Gasteiger partial charge is 0.430 e. The topological polar surface area (TPSA) is 63.2 Å². The molecule has 1 saturated heterocycles. The minimum atomic E-state index is -0.476. The van der Waals surface area contributed by atoms with Crippen LogP contribution in [0.3, 0.4) is 0 Å². The van der Waals surface area contributed by atoms with E-state index in [0.717, 1.165) is 41.8 Å². The van der Waals surface area contributed by atoms with Crippen LogP contribution in [0.1, 0.15) is 30.4 Å². The molecule has 2 heterocycles. The summed E-state index contributed by atoms with van der Waals surface area (Å²) in [4.78, 5) is 23.4. The molecule has 0 saturated carbocycles. The Morgan fingerprint density at radius 2 is 1.89 bits per heavy atom. The van der Waals surface area contributed by atoms with Crippen LogP contribution in [0.15, 0.2) is 53.7 Å². The number of rotatable bonds is 3. The first-order valence-corrected chi connectivity index (χ1v) is 9.71. The second-order valence-corrected chi connectivity index (χ2v) is 7.68. The van der Waals surface area contributed by atoms with E-state index in [0.29, 0.717) is 18.1 Å². The van der Waals surface area contributed by atoms with Gasteiger partial charge in [-0.1, -0.05) is 47.1 Å². The number of anilines is 1. The Hall–Kier alpha value is -2.57. The van der Waals surface area contributed by atoms with E-state index in [1.807, 2.05) is 55.5 Å². The molecule has 0 unspecified atom stereocenters. The lowest BCUT2D eigenvalue weighted by Crippen LogP contribution is -2.45. The lowest BCUT2D eigenvalue weighted by atomic mass is 9.86. The van der Waals surface area contributed by atoms with Gasteiger partial charge in [0, 0.05) is 43.1 Å². The molecular formula is C21H22ClN3O3. The van der Waals surface area contributed by atoms with Crippen molar-refractivity contribution in [2.45, 2.75) is 31.8 Å². The van der Waals surface area contributed by atoms with Gasteiger partial charge < -0.3 is 9.68 Å². The van der Waals surface area contributed by atoms with E-state index in [2.05, 4.69) is 10.5 Å². The molecular weight excluding hydrogens is 378 g/mol. The van der Waals surface area contributed by atoms with Crippen molar-refractivity contribution in [1.29, 1.82) is 0 Å². The molecule has 1 spiro atoms. The van der Waals surface area contributed by atoms with Gasteiger partial charge in [0.15, 0.2) is 0 Å². The molecule has 7 heteroatoms. The highest BCUT2D eigenvalue weighted by Gasteiger charge is 2.43. The fraction of sp³-hybridized carbons (Fsp3) is 0.333. The summed E-state index contributed by atoms with van der Waals surface area (Å²) in [5.41, 5.74) is 3.38. The summed E-state index contributed by atoms with van der Waals surface area (Å²) < 4.78 is 0. The van der Waals surface area contributed by atoms with Crippen molar-refractivity contribution in [2.24, 2.45) is 5.16 Å². The third kappa shape index (κ3) is 4.13. The molecule has 28 heavy (non-hydrogen) atoms. The molecule has 1 fully saturated rings. The molecule has 0 aliphatic carbocycles. The van der Waals surface area contributed by atoms with E-state index in [-0.39, 0.29) is 5.60 Å². The molecule has 2 aromatic rings. The molecule has 0 radical (unpaired) electrons. The number of para-hydroxylation sites is 1. The summed E-state index contributed by atoms with van der Waals surface area (Å²) in [6.45, 7) is 3.14. The fourth-order valence-corrected chi connectivity index (χ4v) is 3.66. The average Bonchev–Trinajstić information content (AvgIpc) is 3.10. The van der Waals surface area contributed by atoms with E-state index < -0.39 is 6.09 Å². The Morgan fingerprint density at radius 3 is 2.61 bits per heavy atom. The predicted octanol–water partition coefficient (Wildman–Crippen LogP) is 4.77. The van der Waals surface area contributed by atoms with Crippen molar-refractivity contribution < 1.29 is 14.5 Å². The highest BCUT2D eigenvalue weighted by molar-refractivity contribution is 6.30. The molecule has 1 N–H and O–H groups in total. The van der Waals surface area contributed by atoms with E-state index in [1.54, 1.807) is 5.06 Å². The van der Waals surface area contributed by atoms with Crippen LogP contribution < -0.4 is 5.32 Å². The number of hydroxylamine groups is 2. The second-order valence-electron chi connectivity index (χ2n) is 7.24. The van der Waals surface area contributed by atoms with Gasteiger partial charge >= 0.3 is 6.09 Å². The number of nitrogens with one attached hydrogen (secondary N) is 1. The molecule has 0 atom stereocenters. The van der Waals surface area contributed by atoms with Crippen molar-refractivity contribution in [2.75, 3.05) is 18.4 Å². The second kappa shape index (κ2) is 7.81. The number of aryl methyl sites for hydroxylation is 1. The number of carbonyl (C=O) groups excluding carboxylic acids is 1. The van der Waals surface area contributed by atoms with Crippen LogP contribution in [0.25, 0.3) is 0 Å². The van der Waals surface area contributed by atoms with Gasteiger partial charge in [-0.05, 0) is 36.2 Å². The first-order valence-electron chi connectivity index (χ1n) is 9.34. The smallest absolute Gasteiger partial charge is 0.388 e. The molecule has 1 amide bonds. The minimum absolute atomic E-state index is 0.318. The quantitative estimate of drug-likeness (QED) is 0.807. The van der Waals surface area contributed by atoms with Crippen molar-refractivity contribution in [1.82, 2.24) is 5.06 Å². The van der Waals surface area contributed by atoms with E-state index in [4.69, 9.17) is 21.3 Å². The summed E-state index contributed by atoms with van der Waals surface area (Å²) in [6, 6.07) is 15.2. The third-order valence-electron chi connectivity index (χ3n) is 5.24. The lowest BCUT2D eigenvalue weighted by molar-refractivity contribution is -0.154. The fourth-order valence-electron chi connectivity index (χ4n) is 3.53. The molecule has 0 bridgehead atoms. The molecule has 2 aliphatic heterocycles. The van der Waals surface area contributed by atoms with Crippen molar-refractivity contribution in [3.8, 4) is 0 Å². The summed E-state index contributed by atoms with van der Waals surface area (Å²) in [5.74, 6) is 0. The van der Waals surface area contributed by atoms with Crippen molar-refractivity contribution in [3.63, 3.8) is 0 Å². The number of oxime groups is 1. The van der Waals surface area contributed by atoms with Crippen LogP contribution in [-0.4, -0.2) is 35.6 Å². The molecule has 6 nitrogen and oxygen atoms in total. The van der Waals surface area contributed by atoms with Gasteiger partial charge in [-0.3, -0.25) is 5.32 Å². The number of hydrogen-bond acceptors (Lipinski definition) is 5. The highest BCUT2D eigenvalue weighted by Crippen LogP contribution is 2.36. The van der Waals surface area contributed by atoms with Crippen LogP contribution in [0.5, 0.6) is 0 Å². The van der Waals surface area contributed by atoms with Gasteiger partial charge in [-0.2, -0.15) is 0 Å². The Kier molecular flexibility index (Phi) is 5.24. The van der Waals surface area contributed by atoms with Gasteiger partial charge in [0.05, 0.1) is 5.71 Å². The van der Waals surface area contributed by atoms with Gasteiger partial charge in [0.1, 0.15) is 5.60 Å². The summed E-state index contributed by atoms with van der Waals surface area (Å²) >= 11 is 5.95. The zero-order valence-corrected chi connectivity index (χ0v) is 16.4. The molecule has 2 aromatic carbocycles. The van der Waals surface area contributed by atoms with Crippen LogP contribution >= 0.6 is 11.6 Å². The van der Waals surface area contributed by atoms with Crippen molar-refractivity contribution in [3.05, 3.63) is 64.7 Å². The summed E-state index contributed by atoms with van der Waals surface area (Å²) in [5, 5.41) is 9.47. The first kappa shape index (κ1) is 18.8. The van der Waals surface area contributed by atoms with Gasteiger partial charge in [-0.15, -0.1) is 5.06 Å². The van der Waals surface area contributed by atoms with E-state index >= 15 is 0 Å². The first-order chi connectivity index (χ1) is 13.5. The van der Waals surface area contributed by atoms with Crippen LogP contribution in [0.2, 0.25) is 5.02 Å². The molecule has 146 valence electrons. The normalized spacial score (nSPS) is 18.4. The Morgan fingerprint density at radius 1 is 1.18 bits per heavy atom. The maximum Gasteiger partial charge on any atom is 0.430 e. The zero-order chi connectivity index (χ0) is 19.6. The number of nitrogens with zero attached hydrogens (tertiary/aromatic N) is 2. The lowest BCUT2D eigenvalue weighted by Gasteiger charge is -2.35. The molecule has 4 rings (SSSR count). The number of halogens is 1. The maximum absolute atomic E-state index is 12.2. The Bertz CT molecular complexity index is 890. The maximum atomic E-state index is 12.2. The number of piperidine rings is 1. The number of amides is 1. The van der Waals surface area contributed by atoms with Crippen molar-refractivity contribution >= 4 is 29.1 Å². The van der Waals surface area contributed by atoms with E-state index in [9.17, 15) is 4.79 Å². The molecule has 2 aliphatic rings. The van der Waals surface area contributed by atoms with E-state index in [1.165, 1.54) is 0 Å².